The van der Waals surface area contributed by atoms with E-state index in [1.165, 1.54) is 48.6 Å². The summed E-state index contributed by atoms with van der Waals surface area (Å²) in [7, 11) is 0. The van der Waals surface area contributed by atoms with Gasteiger partial charge in [-0.05, 0) is 128 Å². The van der Waals surface area contributed by atoms with Gasteiger partial charge < -0.3 is 0 Å². The predicted octanol–water partition coefficient (Wildman–Crippen LogP) is 14.7. The maximum absolute atomic E-state index is 5.42. The van der Waals surface area contributed by atoms with E-state index in [1.807, 2.05) is 48.2 Å². The van der Waals surface area contributed by atoms with E-state index in [1.54, 1.807) is 12.4 Å². The topological polar surface area (TPSA) is 51.6 Å². The van der Waals surface area contributed by atoms with Crippen molar-refractivity contribution < 1.29 is 0 Å². The minimum atomic E-state index is -0.444. The molecule has 5 heteroatoms. The fourth-order valence-electron chi connectivity index (χ4n) is 10.2. The lowest BCUT2D eigenvalue weighted by atomic mass is 9.67. The molecule has 0 saturated heterocycles. The summed E-state index contributed by atoms with van der Waals surface area (Å²) < 4.78 is 0. The van der Waals surface area contributed by atoms with Crippen molar-refractivity contribution >= 4 is 33.4 Å². The van der Waals surface area contributed by atoms with Crippen molar-refractivity contribution in [2.75, 3.05) is 0 Å². The van der Waals surface area contributed by atoms with E-state index >= 15 is 0 Å². The van der Waals surface area contributed by atoms with Gasteiger partial charge in [-0.25, -0.2) is 9.97 Å². The van der Waals surface area contributed by atoms with Crippen molar-refractivity contribution in [1.29, 1.82) is 0 Å². The molecule has 298 valence electrons. The van der Waals surface area contributed by atoms with Crippen LogP contribution in [-0.4, -0.2) is 19.9 Å². The lowest BCUT2D eigenvalue weighted by molar-refractivity contribution is 0.723. The molecule has 0 amide bonds. The largest absolute Gasteiger partial charge is 0.255 e. The number of hydrogen-bond donors (Lipinski definition) is 0. The summed E-state index contributed by atoms with van der Waals surface area (Å²) in [6.45, 7) is 0. The Kier molecular flexibility index (Phi) is 8.33. The fourth-order valence-corrected chi connectivity index (χ4v) is 11.4. The second kappa shape index (κ2) is 14.6. The van der Waals surface area contributed by atoms with Crippen LogP contribution in [0, 0.1) is 0 Å². The number of hydrogen-bond acceptors (Lipinski definition) is 5. The first-order valence-corrected chi connectivity index (χ1v) is 22.4. The zero-order valence-corrected chi connectivity index (χ0v) is 35.3. The summed E-state index contributed by atoms with van der Waals surface area (Å²) in [6.07, 6.45) is 3.61. The van der Waals surface area contributed by atoms with Gasteiger partial charge in [0, 0.05) is 38.5 Å². The average Bonchev–Trinajstić information content (AvgIpc) is 3.65. The number of para-hydroxylation sites is 1. The Labute approximate surface area is 375 Å². The number of benzene rings is 7. The summed E-state index contributed by atoms with van der Waals surface area (Å²) in [4.78, 5) is 22.2. The van der Waals surface area contributed by atoms with Crippen LogP contribution in [0.15, 0.2) is 228 Å². The molecule has 4 aromatic heterocycles. The molecule has 0 atom stereocenters. The lowest BCUT2D eigenvalue weighted by Gasteiger charge is -2.39. The van der Waals surface area contributed by atoms with E-state index in [9.17, 15) is 0 Å². The standard InChI is InChI=1S/C59H36N4S/c1-3-15-47-42(13-1)45-35-46-44(36-50(45)59(47)48-16-4-7-21-56(48)64-57-22-8-5-17-49(57)59)43-14-2-6-18-51(43)63-58(46)40-29-27-38(28-30-40)37-23-25-39(26-24-37)41-33-54(52-19-9-11-31-60-52)62-55(34-41)53-20-10-12-32-61-53/h1-36H. The first-order chi connectivity index (χ1) is 31.7. The fraction of sp³-hybridized carbons (Fsp3) is 0.0169. The zero-order chi connectivity index (χ0) is 42.2. The molecule has 4 nitrogen and oxygen atoms in total. The van der Waals surface area contributed by atoms with Crippen molar-refractivity contribution in [3.63, 3.8) is 0 Å². The molecule has 0 unspecified atom stereocenters. The van der Waals surface area contributed by atoms with Crippen LogP contribution in [-0.2, 0) is 5.41 Å². The van der Waals surface area contributed by atoms with Crippen LogP contribution >= 0.6 is 11.8 Å². The number of rotatable bonds is 5. The third kappa shape index (κ3) is 5.64. The van der Waals surface area contributed by atoms with Crippen LogP contribution in [0.5, 0.6) is 0 Å². The third-order valence-corrected chi connectivity index (χ3v) is 14.2. The summed E-state index contributed by atoms with van der Waals surface area (Å²) >= 11 is 1.88. The molecular formula is C59H36N4S. The van der Waals surface area contributed by atoms with Gasteiger partial charge in [0.1, 0.15) is 0 Å². The highest BCUT2D eigenvalue weighted by molar-refractivity contribution is 7.99. The van der Waals surface area contributed by atoms with Crippen LogP contribution in [0.4, 0.5) is 0 Å². The van der Waals surface area contributed by atoms with Crippen molar-refractivity contribution in [3.05, 3.63) is 241 Å². The molecule has 1 aliphatic heterocycles. The molecule has 5 heterocycles. The van der Waals surface area contributed by atoms with Gasteiger partial charge in [0.25, 0.3) is 0 Å². The van der Waals surface area contributed by atoms with E-state index < -0.39 is 5.41 Å². The zero-order valence-electron chi connectivity index (χ0n) is 34.5. The van der Waals surface area contributed by atoms with Gasteiger partial charge in [-0.1, -0.05) is 151 Å². The van der Waals surface area contributed by atoms with Crippen LogP contribution in [0.3, 0.4) is 0 Å². The first-order valence-electron chi connectivity index (χ1n) is 21.6. The minimum Gasteiger partial charge on any atom is -0.255 e. The van der Waals surface area contributed by atoms with Gasteiger partial charge in [-0.15, -0.1) is 0 Å². The Hall–Kier alpha value is -7.99. The summed E-state index contributed by atoms with van der Waals surface area (Å²) in [5, 5.41) is 3.53. The van der Waals surface area contributed by atoms with E-state index in [0.29, 0.717) is 0 Å². The Morgan fingerprint density at radius 1 is 0.328 bits per heavy atom. The molecule has 0 radical (unpaired) electrons. The van der Waals surface area contributed by atoms with Gasteiger partial charge in [0.15, 0.2) is 0 Å². The van der Waals surface area contributed by atoms with E-state index in [4.69, 9.17) is 9.97 Å². The van der Waals surface area contributed by atoms with Crippen LogP contribution < -0.4 is 0 Å². The molecule has 13 rings (SSSR count). The Balaban J connectivity index is 0.922. The maximum Gasteiger partial charge on any atom is 0.0900 e. The number of pyridine rings is 4. The number of fused-ring (bicyclic) bond motifs is 12. The molecule has 0 fully saturated rings. The molecule has 11 aromatic rings. The van der Waals surface area contributed by atoms with Gasteiger partial charge in [-0.3, -0.25) is 9.97 Å². The monoisotopic (exact) mass is 832 g/mol. The summed E-state index contributed by atoms with van der Waals surface area (Å²) in [5.41, 5.74) is 18.2. The second-order valence-corrected chi connectivity index (χ2v) is 17.6. The predicted molar refractivity (Wildman–Crippen MR) is 261 cm³/mol. The van der Waals surface area contributed by atoms with Crippen LogP contribution in [0.25, 0.3) is 89.1 Å². The quantitative estimate of drug-likeness (QED) is 0.162. The third-order valence-electron chi connectivity index (χ3n) is 13.1. The highest BCUT2D eigenvalue weighted by atomic mass is 32.2. The smallest absolute Gasteiger partial charge is 0.0900 e. The number of aromatic nitrogens is 4. The van der Waals surface area contributed by atoms with Gasteiger partial charge >= 0.3 is 0 Å². The Morgan fingerprint density at radius 2 is 0.859 bits per heavy atom. The lowest BCUT2D eigenvalue weighted by Crippen LogP contribution is -2.31. The molecular weight excluding hydrogens is 797 g/mol. The summed E-state index contributed by atoms with van der Waals surface area (Å²) in [5.74, 6) is 0. The maximum atomic E-state index is 5.42. The molecule has 64 heavy (non-hydrogen) atoms. The Bertz CT molecular complexity index is 3520. The molecule has 0 saturated carbocycles. The summed E-state index contributed by atoms with van der Waals surface area (Å²) in [6, 6.07) is 74.3. The highest BCUT2D eigenvalue weighted by Crippen LogP contribution is 2.63. The molecule has 2 aliphatic rings. The second-order valence-electron chi connectivity index (χ2n) is 16.5. The van der Waals surface area contributed by atoms with Crippen molar-refractivity contribution in [2.45, 2.75) is 15.2 Å². The Morgan fingerprint density at radius 3 is 1.48 bits per heavy atom. The minimum absolute atomic E-state index is 0.444. The van der Waals surface area contributed by atoms with Crippen LogP contribution in [0.1, 0.15) is 22.3 Å². The van der Waals surface area contributed by atoms with Crippen molar-refractivity contribution in [3.8, 4) is 67.4 Å². The van der Waals surface area contributed by atoms with Gasteiger partial charge in [0.2, 0.25) is 0 Å². The van der Waals surface area contributed by atoms with Crippen molar-refractivity contribution in [2.24, 2.45) is 0 Å². The highest BCUT2D eigenvalue weighted by Gasteiger charge is 2.50. The molecule has 0 N–H and O–H groups in total. The molecule has 7 aromatic carbocycles. The van der Waals surface area contributed by atoms with Gasteiger partial charge in [-0.2, -0.15) is 0 Å². The first kappa shape index (κ1) is 36.6. The van der Waals surface area contributed by atoms with E-state index in [-0.39, 0.29) is 0 Å². The number of nitrogens with zero attached hydrogens (tertiary/aromatic N) is 4. The molecule has 0 bridgehead atoms. The van der Waals surface area contributed by atoms with E-state index in [2.05, 4.69) is 180 Å². The normalized spacial score (nSPS) is 13.1. The van der Waals surface area contributed by atoms with Gasteiger partial charge in [0.05, 0.1) is 39.4 Å². The van der Waals surface area contributed by atoms with E-state index in [0.717, 1.165) is 72.6 Å². The van der Waals surface area contributed by atoms with Crippen molar-refractivity contribution in [1.82, 2.24) is 19.9 Å². The molecule has 1 aliphatic carbocycles. The SMILES string of the molecule is c1ccc(-c2cc(-c3ccc(-c4ccc(-c5nc6ccccc6c6cc7c(cc56)-c5ccccc5C75c6ccccc6Sc6ccccc65)cc4)cc3)cc(-c3ccccn3)n2)nc1. The molecule has 1 spiro atoms. The average molecular weight is 833 g/mol. The van der Waals surface area contributed by atoms with Crippen LogP contribution in [0.2, 0.25) is 0 Å².